The van der Waals surface area contributed by atoms with E-state index in [1.165, 1.54) is 25.8 Å². The van der Waals surface area contributed by atoms with Gasteiger partial charge in [-0.25, -0.2) is 4.98 Å². The third-order valence-corrected chi connectivity index (χ3v) is 3.30. The molecule has 1 N–H and O–H groups in total. The fourth-order valence-corrected chi connectivity index (χ4v) is 2.34. The SMILES string of the molecule is CCC1CCCN1Cc1cnc(NC)cn1. The van der Waals surface area contributed by atoms with Crippen molar-refractivity contribution in [2.45, 2.75) is 38.8 Å². The van der Waals surface area contributed by atoms with Gasteiger partial charge >= 0.3 is 0 Å². The molecule has 1 unspecified atom stereocenters. The summed E-state index contributed by atoms with van der Waals surface area (Å²) in [5.41, 5.74) is 1.07. The van der Waals surface area contributed by atoms with Gasteiger partial charge in [0.25, 0.3) is 0 Å². The van der Waals surface area contributed by atoms with Gasteiger partial charge in [0.15, 0.2) is 0 Å². The third-order valence-electron chi connectivity index (χ3n) is 3.30. The molecule has 1 aromatic rings. The topological polar surface area (TPSA) is 41.1 Å². The molecule has 1 aromatic heterocycles. The lowest BCUT2D eigenvalue weighted by Crippen LogP contribution is -2.28. The minimum atomic E-state index is 0.741. The summed E-state index contributed by atoms with van der Waals surface area (Å²) in [6.45, 7) is 4.40. The molecule has 2 heterocycles. The Kier molecular flexibility index (Phi) is 3.72. The molecule has 0 amide bonds. The zero-order valence-electron chi connectivity index (χ0n) is 10.1. The van der Waals surface area contributed by atoms with Crippen LogP contribution in [0.3, 0.4) is 0 Å². The molecule has 1 atom stereocenters. The smallest absolute Gasteiger partial charge is 0.144 e. The Bertz CT molecular complexity index is 322. The van der Waals surface area contributed by atoms with E-state index in [1.807, 2.05) is 13.2 Å². The van der Waals surface area contributed by atoms with Gasteiger partial charge in [-0.15, -0.1) is 0 Å². The summed E-state index contributed by atoms with van der Waals surface area (Å²) < 4.78 is 0. The molecule has 16 heavy (non-hydrogen) atoms. The van der Waals surface area contributed by atoms with Crippen molar-refractivity contribution >= 4 is 5.82 Å². The maximum atomic E-state index is 4.42. The van der Waals surface area contributed by atoms with Gasteiger partial charge in [-0.05, 0) is 25.8 Å². The largest absolute Gasteiger partial charge is 0.372 e. The molecular weight excluding hydrogens is 200 g/mol. The van der Waals surface area contributed by atoms with Gasteiger partial charge in [-0.3, -0.25) is 9.88 Å². The lowest BCUT2D eigenvalue weighted by atomic mass is 10.2. The Labute approximate surface area is 97.1 Å². The van der Waals surface area contributed by atoms with Crippen LogP contribution in [0, 0.1) is 0 Å². The van der Waals surface area contributed by atoms with Crippen molar-refractivity contribution in [1.29, 1.82) is 0 Å². The Morgan fingerprint density at radius 3 is 2.94 bits per heavy atom. The van der Waals surface area contributed by atoms with Gasteiger partial charge in [0.2, 0.25) is 0 Å². The highest BCUT2D eigenvalue weighted by atomic mass is 15.2. The molecule has 4 nitrogen and oxygen atoms in total. The van der Waals surface area contributed by atoms with Gasteiger partial charge in [0.1, 0.15) is 5.82 Å². The van der Waals surface area contributed by atoms with Crippen LogP contribution >= 0.6 is 0 Å². The van der Waals surface area contributed by atoms with Crippen LogP contribution in [0.5, 0.6) is 0 Å². The first-order valence-electron chi connectivity index (χ1n) is 6.06. The van der Waals surface area contributed by atoms with Crippen LogP contribution in [0.15, 0.2) is 12.4 Å². The highest BCUT2D eigenvalue weighted by molar-refractivity contribution is 5.29. The van der Waals surface area contributed by atoms with Crippen LogP contribution < -0.4 is 5.32 Å². The Hall–Kier alpha value is -1.16. The summed E-state index contributed by atoms with van der Waals surface area (Å²) in [5, 5.41) is 2.98. The molecule has 88 valence electrons. The molecule has 1 saturated heterocycles. The number of anilines is 1. The fraction of sp³-hybridized carbons (Fsp3) is 0.667. The molecular formula is C12H20N4. The Balaban J connectivity index is 1.97. The quantitative estimate of drug-likeness (QED) is 0.841. The van der Waals surface area contributed by atoms with Crippen LogP contribution in [0.4, 0.5) is 5.82 Å². The van der Waals surface area contributed by atoms with Crippen LogP contribution in [0.25, 0.3) is 0 Å². The number of likely N-dealkylation sites (tertiary alicyclic amines) is 1. The van der Waals surface area contributed by atoms with E-state index in [2.05, 4.69) is 27.1 Å². The predicted octanol–water partition coefficient (Wildman–Crippen LogP) is 1.89. The van der Waals surface area contributed by atoms with Crippen LogP contribution in [0.1, 0.15) is 31.9 Å². The van der Waals surface area contributed by atoms with E-state index >= 15 is 0 Å². The summed E-state index contributed by atoms with van der Waals surface area (Å²) in [4.78, 5) is 11.2. The summed E-state index contributed by atoms with van der Waals surface area (Å²) in [6.07, 6.45) is 7.56. The van der Waals surface area contributed by atoms with E-state index in [1.54, 1.807) is 6.20 Å². The summed E-state index contributed by atoms with van der Waals surface area (Å²) in [7, 11) is 1.86. The lowest BCUT2D eigenvalue weighted by molar-refractivity contribution is 0.237. The van der Waals surface area contributed by atoms with Gasteiger partial charge in [0.05, 0.1) is 18.1 Å². The van der Waals surface area contributed by atoms with Crippen LogP contribution in [-0.4, -0.2) is 34.5 Å². The number of rotatable bonds is 4. The van der Waals surface area contributed by atoms with Crippen molar-refractivity contribution in [3.8, 4) is 0 Å². The lowest BCUT2D eigenvalue weighted by Gasteiger charge is -2.22. The number of aromatic nitrogens is 2. The highest BCUT2D eigenvalue weighted by Gasteiger charge is 2.22. The maximum absolute atomic E-state index is 4.42. The first-order valence-corrected chi connectivity index (χ1v) is 6.06. The summed E-state index contributed by atoms with van der Waals surface area (Å²) in [6, 6.07) is 0.741. The van der Waals surface area contributed by atoms with Crippen molar-refractivity contribution in [3.63, 3.8) is 0 Å². The minimum absolute atomic E-state index is 0.741. The van der Waals surface area contributed by atoms with E-state index in [4.69, 9.17) is 0 Å². The fourth-order valence-electron chi connectivity index (χ4n) is 2.34. The van der Waals surface area contributed by atoms with Gasteiger partial charge in [-0.2, -0.15) is 0 Å². The van der Waals surface area contributed by atoms with Gasteiger partial charge in [0, 0.05) is 19.6 Å². The molecule has 0 radical (unpaired) electrons. The second-order valence-electron chi connectivity index (χ2n) is 4.32. The predicted molar refractivity (Wildman–Crippen MR) is 65.3 cm³/mol. The van der Waals surface area contributed by atoms with Crippen molar-refractivity contribution in [3.05, 3.63) is 18.1 Å². The van der Waals surface area contributed by atoms with E-state index in [9.17, 15) is 0 Å². The summed E-state index contributed by atoms with van der Waals surface area (Å²) in [5.74, 6) is 0.831. The Morgan fingerprint density at radius 2 is 2.31 bits per heavy atom. The average Bonchev–Trinajstić information content (AvgIpc) is 2.77. The zero-order valence-corrected chi connectivity index (χ0v) is 10.1. The van der Waals surface area contributed by atoms with Crippen molar-refractivity contribution in [1.82, 2.24) is 14.9 Å². The molecule has 1 fully saturated rings. The first-order chi connectivity index (χ1) is 7.83. The number of hydrogen-bond acceptors (Lipinski definition) is 4. The molecule has 4 heteroatoms. The standard InChI is InChI=1S/C12H20N4/c1-3-11-5-4-6-16(11)9-10-7-15-12(13-2)8-14-10/h7-8,11H,3-6,9H2,1-2H3,(H,13,15). The average molecular weight is 220 g/mol. The first kappa shape index (κ1) is 11.3. The number of nitrogens with zero attached hydrogens (tertiary/aromatic N) is 3. The number of nitrogens with one attached hydrogen (secondary N) is 1. The van der Waals surface area contributed by atoms with E-state index in [-0.39, 0.29) is 0 Å². The van der Waals surface area contributed by atoms with E-state index in [0.717, 1.165) is 24.1 Å². The van der Waals surface area contributed by atoms with E-state index < -0.39 is 0 Å². The molecule has 1 aliphatic heterocycles. The third kappa shape index (κ3) is 2.50. The molecule has 0 aromatic carbocycles. The number of hydrogen-bond donors (Lipinski definition) is 1. The van der Waals surface area contributed by atoms with E-state index in [0.29, 0.717) is 0 Å². The maximum Gasteiger partial charge on any atom is 0.144 e. The summed E-state index contributed by atoms with van der Waals surface area (Å²) >= 11 is 0. The molecule has 0 spiro atoms. The molecule has 0 saturated carbocycles. The molecule has 1 aliphatic rings. The molecule has 0 aliphatic carbocycles. The second kappa shape index (κ2) is 5.25. The highest BCUT2D eigenvalue weighted by Crippen LogP contribution is 2.21. The van der Waals surface area contributed by atoms with Crippen molar-refractivity contribution in [2.75, 3.05) is 18.9 Å². The Morgan fingerprint density at radius 1 is 1.44 bits per heavy atom. The normalized spacial score (nSPS) is 21.2. The van der Waals surface area contributed by atoms with Crippen molar-refractivity contribution in [2.24, 2.45) is 0 Å². The molecule has 0 bridgehead atoms. The van der Waals surface area contributed by atoms with Gasteiger partial charge < -0.3 is 5.32 Å². The van der Waals surface area contributed by atoms with Crippen LogP contribution in [0.2, 0.25) is 0 Å². The van der Waals surface area contributed by atoms with Crippen molar-refractivity contribution < 1.29 is 0 Å². The second-order valence-corrected chi connectivity index (χ2v) is 4.32. The zero-order chi connectivity index (χ0) is 11.4. The monoisotopic (exact) mass is 220 g/mol. The van der Waals surface area contributed by atoms with Gasteiger partial charge in [-0.1, -0.05) is 6.92 Å². The van der Waals surface area contributed by atoms with Crippen LogP contribution in [-0.2, 0) is 6.54 Å². The molecule has 2 rings (SSSR count). The minimum Gasteiger partial charge on any atom is -0.372 e.